The zero-order chi connectivity index (χ0) is 12.4. The number of benzene rings is 2. The molecule has 0 aromatic heterocycles. The van der Waals surface area contributed by atoms with Crippen LogP contribution in [0, 0.1) is 17.5 Å². The van der Waals surface area contributed by atoms with E-state index in [9.17, 15) is 13.2 Å². The summed E-state index contributed by atoms with van der Waals surface area (Å²) >= 11 is 0. The molecule has 88 valence electrons. The van der Waals surface area contributed by atoms with Gasteiger partial charge in [0.15, 0.2) is 17.5 Å². The predicted octanol–water partition coefficient (Wildman–Crippen LogP) is 3.23. The third-order valence-corrected chi connectivity index (χ3v) is 2.56. The molecule has 0 bridgehead atoms. The molecule has 0 aliphatic rings. The van der Waals surface area contributed by atoms with Crippen molar-refractivity contribution in [2.75, 3.05) is 0 Å². The lowest BCUT2D eigenvalue weighted by Crippen LogP contribution is -2.01. The summed E-state index contributed by atoms with van der Waals surface area (Å²) in [5.74, 6) is -3.85. The zero-order valence-electron chi connectivity index (χ0n) is 8.88. The summed E-state index contributed by atoms with van der Waals surface area (Å²) in [6, 6.07) is 8.90. The molecule has 0 atom stereocenters. The Morgan fingerprint density at radius 2 is 1.53 bits per heavy atom. The second kappa shape index (κ2) is 4.59. The van der Waals surface area contributed by atoms with E-state index in [0.29, 0.717) is 11.1 Å². The van der Waals surface area contributed by atoms with E-state index >= 15 is 0 Å². The molecule has 1 nitrogen and oxygen atoms in total. The van der Waals surface area contributed by atoms with Crippen LogP contribution in [0.4, 0.5) is 13.2 Å². The van der Waals surface area contributed by atoms with Gasteiger partial charge in [-0.05, 0) is 23.3 Å². The van der Waals surface area contributed by atoms with Crippen LogP contribution in [-0.2, 0) is 6.54 Å². The van der Waals surface area contributed by atoms with Crippen molar-refractivity contribution in [3.05, 3.63) is 59.4 Å². The lowest BCUT2D eigenvalue weighted by molar-refractivity contribution is 0.449. The van der Waals surface area contributed by atoms with Gasteiger partial charge >= 0.3 is 0 Å². The van der Waals surface area contributed by atoms with Gasteiger partial charge < -0.3 is 5.73 Å². The molecule has 4 heteroatoms. The summed E-state index contributed by atoms with van der Waals surface area (Å²) in [6.07, 6.45) is 0. The highest BCUT2D eigenvalue weighted by Crippen LogP contribution is 2.28. The molecule has 0 unspecified atom stereocenters. The average molecular weight is 237 g/mol. The van der Waals surface area contributed by atoms with E-state index in [4.69, 9.17) is 5.73 Å². The van der Waals surface area contributed by atoms with Gasteiger partial charge in [0.1, 0.15) is 0 Å². The number of hydrogen-bond donors (Lipinski definition) is 1. The van der Waals surface area contributed by atoms with Crippen molar-refractivity contribution in [2.24, 2.45) is 5.73 Å². The Hall–Kier alpha value is -1.81. The van der Waals surface area contributed by atoms with Crippen molar-refractivity contribution in [3.63, 3.8) is 0 Å². The van der Waals surface area contributed by atoms with Gasteiger partial charge in [-0.25, -0.2) is 13.2 Å². The molecule has 0 heterocycles. The minimum Gasteiger partial charge on any atom is -0.326 e. The molecule has 2 aromatic carbocycles. The second-order valence-corrected chi connectivity index (χ2v) is 3.58. The fourth-order valence-corrected chi connectivity index (χ4v) is 1.69. The molecule has 2 rings (SSSR count). The van der Waals surface area contributed by atoms with Crippen molar-refractivity contribution < 1.29 is 13.2 Å². The van der Waals surface area contributed by atoms with Gasteiger partial charge in [-0.3, -0.25) is 0 Å². The summed E-state index contributed by atoms with van der Waals surface area (Å²) in [5, 5.41) is 0. The van der Waals surface area contributed by atoms with Gasteiger partial charge in [-0.1, -0.05) is 24.3 Å². The van der Waals surface area contributed by atoms with Gasteiger partial charge in [0.05, 0.1) is 0 Å². The number of nitrogens with two attached hydrogens (primary N) is 1. The highest BCUT2D eigenvalue weighted by Gasteiger charge is 2.15. The van der Waals surface area contributed by atoms with Crippen LogP contribution in [0.1, 0.15) is 5.56 Å². The van der Waals surface area contributed by atoms with E-state index < -0.39 is 17.5 Å². The van der Waals surface area contributed by atoms with Crippen LogP contribution in [0.3, 0.4) is 0 Å². The molecular formula is C13H10F3N. The molecule has 2 N–H and O–H groups in total. The Morgan fingerprint density at radius 3 is 2.24 bits per heavy atom. The lowest BCUT2D eigenvalue weighted by atomic mass is 9.99. The molecule has 0 amide bonds. The third kappa shape index (κ3) is 2.03. The summed E-state index contributed by atoms with van der Waals surface area (Å²) in [5.41, 5.74) is 6.69. The fourth-order valence-electron chi connectivity index (χ4n) is 1.69. The Labute approximate surface area is 96.7 Å². The first-order chi connectivity index (χ1) is 8.15. The Morgan fingerprint density at radius 1 is 0.824 bits per heavy atom. The van der Waals surface area contributed by atoms with Crippen molar-refractivity contribution in [1.82, 2.24) is 0 Å². The molecule has 0 aliphatic heterocycles. The molecule has 0 aliphatic carbocycles. The predicted molar refractivity (Wildman–Crippen MR) is 59.6 cm³/mol. The largest absolute Gasteiger partial charge is 0.326 e. The number of halogens is 3. The highest BCUT2D eigenvalue weighted by molar-refractivity contribution is 5.68. The van der Waals surface area contributed by atoms with Crippen molar-refractivity contribution >= 4 is 0 Å². The third-order valence-electron chi connectivity index (χ3n) is 2.56. The summed E-state index contributed by atoms with van der Waals surface area (Å²) < 4.78 is 39.6. The van der Waals surface area contributed by atoms with E-state index in [0.717, 1.165) is 6.07 Å². The van der Waals surface area contributed by atoms with Crippen LogP contribution in [0.15, 0.2) is 36.4 Å². The highest BCUT2D eigenvalue weighted by atomic mass is 19.2. The quantitative estimate of drug-likeness (QED) is 0.797. The summed E-state index contributed by atoms with van der Waals surface area (Å²) in [7, 11) is 0. The van der Waals surface area contributed by atoms with Crippen molar-refractivity contribution in [3.8, 4) is 11.1 Å². The van der Waals surface area contributed by atoms with Crippen LogP contribution in [-0.4, -0.2) is 0 Å². The van der Waals surface area contributed by atoms with E-state index in [1.807, 2.05) is 0 Å². The smallest absolute Gasteiger partial charge is 0.195 e. The molecule has 0 saturated carbocycles. The molecular weight excluding hydrogens is 227 g/mol. The van der Waals surface area contributed by atoms with Crippen LogP contribution in [0.5, 0.6) is 0 Å². The first-order valence-electron chi connectivity index (χ1n) is 5.07. The first-order valence-corrected chi connectivity index (χ1v) is 5.07. The van der Waals surface area contributed by atoms with Gasteiger partial charge in [-0.2, -0.15) is 0 Å². The summed E-state index contributed by atoms with van der Waals surface area (Å²) in [6.45, 7) is 0.203. The molecule has 17 heavy (non-hydrogen) atoms. The van der Waals surface area contributed by atoms with Gasteiger partial charge in [-0.15, -0.1) is 0 Å². The first kappa shape index (κ1) is 11.7. The average Bonchev–Trinajstić information content (AvgIpc) is 2.36. The topological polar surface area (TPSA) is 26.0 Å². The number of hydrogen-bond acceptors (Lipinski definition) is 1. The van der Waals surface area contributed by atoms with E-state index in [1.165, 1.54) is 6.07 Å². The van der Waals surface area contributed by atoms with Crippen molar-refractivity contribution in [2.45, 2.75) is 6.54 Å². The van der Waals surface area contributed by atoms with Crippen molar-refractivity contribution in [1.29, 1.82) is 0 Å². The second-order valence-electron chi connectivity index (χ2n) is 3.58. The minimum atomic E-state index is -1.46. The maximum Gasteiger partial charge on any atom is 0.195 e. The Kier molecular flexibility index (Phi) is 3.15. The molecule has 2 aromatic rings. The van der Waals surface area contributed by atoms with E-state index in [2.05, 4.69) is 0 Å². The van der Waals surface area contributed by atoms with E-state index in [1.54, 1.807) is 24.3 Å². The van der Waals surface area contributed by atoms with Crippen LogP contribution in [0.2, 0.25) is 0 Å². The Balaban J connectivity index is 2.65. The monoisotopic (exact) mass is 237 g/mol. The lowest BCUT2D eigenvalue weighted by Gasteiger charge is -2.09. The fraction of sp³-hybridized carbons (Fsp3) is 0.0769. The summed E-state index contributed by atoms with van der Waals surface area (Å²) in [4.78, 5) is 0. The van der Waals surface area contributed by atoms with Gasteiger partial charge in [0.25, 0.3) is 0 Å². The molecule has 0 radical (unpaired) electrons. The van der Waals surface area contributed by atoms with Crippen LogP contribution < -0.4 is 5.73 Å². The van der Waals surface area contributed by atoms with Crippen LogP contribution >= 0.6 is 0 Å². The molecule has 0 spiro atoms. The van der Waals surface area contributed by atoms with Gasteiger partial charge in [0, 0.05) is 12.1 Å². The van der Waals surface area contributed by atoms with Crippen LogP contribution in [0.25, 0.3) is 11.1 Å². The maximum atomic E-state index is 13.6. The standard InChI is InChI=1S/C13H10F3N/c14-11-6-5-10(12(15)13(11)16)9-4-2-1-3-8(9)7-17/h1-6H,7,17H2. The Bertz CT molecular complexity index is 552. The maximum absolute atomic E-state index is 13.6. The van der Waals surface area contributed by atoms with Gasteiger partial charge in [0.2, 0.25) is 0 Å². The minimum absolute atomic E-state index is 0.0185. The zero-order valence-corrected chi connectivity index (χ0v) is 8.88. The van der Waals surface area contributed by atoms with E-state index in [-0.39, 0.29) is 12.1 Å². The number of rotatable bonds is 2. The normalized spacial score (nSPS) is 10.6. The SMILES string of the molecule is NCc1ccccc1-c1ccc(F)c(F)c1F. The molecule has 0 fully saturated rings. The molecule has 0 saturated heterocycles.